The summed E-state index contributed by atoms with van der Waals surface area (Å²) in [5, 5.41) is 10.6. The van der Waals surface area contributed by atoms with E-state index in [0.29, 0.717) is 33.7 Å². The van der Waals surface area contributed by atoms with Crippen molar-refractivity contribution < 1.29 is 26.3 Å². The molecular weight excluding hydrogens is 471 g/mol. The van der Waals surface area contributed by atoms with E-state index in [2.05, 4.69) is 16.0 Å². The minimum Gasteiger partial charge on any atom is -0.495 e. The first-order chi connectivity index (χ1) is 16.1. The van der Waals surface area contributed by atoms with Crippen molar-refractivity contribution in [2.45, 2.75) is 55.8 Å². The fourth-order valence-electron chi connectivity index (χ4n) is 4.21. The number of halogens is 3. The van der Waals surface area contributed by atoms with Crippen LogP contribution in [0.3, 0.4) is 0 Å². The molecular formula is C22H22F3N5O3S. The van der Waals surface area contributed by atoms with E-state index >= 15 is 0 Å². The molecule has 1 atom stereocenters. The molecule has 1 N–H and O–H groups in total. The fourth-order valence-corrected chi connectivity index (χ4v) is 5.38. The molecule has 1 fully saturated rings. The maximum atomic E-state index is 12.8. The molecule has 1 aliphatic rings. The highest BCUT2D eigenvalue weighted by atomic mass is 32.2. The summed E-state index contributed by atoms with van der Waals surface area (Å²) in [6, 6.07) is 4.33. The average Bonchev–Trinajstić information content (AvgIpc) is 3.43. The van der Waals surface area contributed by atoms with Gasteiger partial charge in [-0.15, -0.1) is 0 Å². The second kappa shape index (κ2) is 8.88. The number of pyridine rings is 2. The molecule has 1 aliphatic carbocycles. The van der Waals surface area contributed by atoms with Crippen molar-refractivity contribution >= 4 is 21.1 Å². The molecule has 0 aliphatic heterocycles. The van der Waals surface area contributed by atoms with Gasteiger partial charge in [0.05, 0.1) is 30.3 Å². The predicted octanol–water partition coefficient (Wildman–Crippen LogP) is 4.32. The van der Waals surface area contributed by atoms with E-state index in [1.165, 1.54) is 19.2 Å². The van der Waals surface area contributed by atoms with Crippen LogP contribution in [0.5, 0.6) is 5.75 Å². The van der Waals surface area contributed by atoms with Gasteiger partial charge in [-0.1, -0.05) is 12.8 Å². The van der Waals surface area contributed by atoms with Gasteiger partial charge in [-0.25, -0.2) is 13.4 Å². The van der Waals surface area contributed by atoms with Gasteiger partial charge in [-0.2, -0.15) is 23.2 Å². The standard InChI is InChI=1S/C22H22F3N5O3S/c1-13(22(23,24)25)29-34(31,32)16-7-8-19(27-12-16)20-18(10-26)17-9-15(33-2)11-28-21(17)30(20)14-5-3-4-6-14/h7-9,11-14,29H,3-6H2,1-2H3/t13-/m0/s1. The minimum atomic E-state index is -4.72. The third kappa shape index (κ3) is 4.33. The zero-order chi connectivity index (χ0) is 24.7. The van der Waals surface area contributed by atoms with Gasteiger partial charge in [-0.05, 0) is 38.0 Å². The van der Waals surface area contributed by atoms with Crippen LogP contribution in [-0.2, 0) is 10.0 Å². The number of ether oxygens (including phenoxy) is 1. The highest BCUT2D eigenvalue weighted by molar-refractivity contribution is 7.89. The molecule has 0 bridgehead atoms. The Hall–Kier alpha value is -3.17. The molecule has 0 radical (unpaired) electrons. The number of nitrogens with zero attached hydrogens (tertiary/aromatic N) is 4. The number of nitriles is 1. The van der Waals surface area contributed by atoms with E-state index in [1.54, 1.807) is 17.0 Å². The van der Waals surface area contributed by atoms with E-state index in [9.17, 15) is 26.9 Å². The molecule has 0 saturated heterocycles. The molecule has 34 heavy (non-hydrogen) atoms. The lowest BCUT2D eigenvalue weighted by atomic mass is 10.1. The lowest BCUT2D eigenvalue weighted by Gasteiger charge is -2.18. The first-order valence-corrected chi connectivity index (χ1v) is 12.1. The molecule has 0 unspecified atom stereocenters. The van der Waals surface area contributed by atoms with Gasteiger partial charge in [-0.3, -0.25) is 4.98 Å². The summed E-state index contributed by atoms with van der Waals surface area (Å²) in [7, 11) is -2.95. The van der Waals surface area contributed by atoms with E-state index < -0.39 is 27.1 Å². The summed E-state index contributed by atoms with van der Waals surface area (Å²) >= 11 is 0. The van der Waals surface area contributed by atoms with E-state index in [4.69, 9.17) is 4.74 Å². The molecule has 0 amide bonds. The molecule has 0 spiro atoms. The number of rotatable bonds is 6. The zero-order valence-electron chi connectivity index (χ0n) is 18.4. The van der Waals surface area contributed by atoms with Crippen molar-refractivity contribution in [3.63, 3.8) is 0 Å². The number of fused-ring (bicyclic) bond motifs is 1. The Bertz CT molecular complexity index is 1360. The normalized spacial score (nSPS) is 16.0. The molecule has 8 nitrogen and oxygen atoms in total. The largest absolute Gasteiger partial charge is 0.495 e. The Morgan fingerprint density at radius 2 is 1.94 bits per heavy atom. The van der Waals surface area contributed by atoms with E-state index in [0.717, 1.165) is 38.8 Å². The Kier molecular flexibility index (Phi) is 6.26. The first kappa shape index (κ1) is 24.0. The molecule has 4 rings (SSSR count). The average molecular weight is 494 g/mol. The number of hydrogen-bond donors (Lipinski definition) is 1. The van der Waals surface area contributed by atoms with Gasteiger partial charge >= 0.3 is 6.18 Å². The number of hydrogen-bond acceptors (Lipinski definition) is 6. The predicted molar refractivity (Wildman–Crippen MR) is 118 cm³/mol. The van der Waals surface area contributed by atoms with Gasteiger partial charge in [0.1, 0.15) is 28.4 Å². The summed E-state index contributed by atoms with van der Waals surface area (Å²) in [5.74, 6) is 0.485. The molecule has 1 saturated carbocycles. The highest BCUT2D eigenvalue weighted by Crippen LogP contribution is 2.41. The summed E-state index contributed by atoms with van der Waals surface area (Å²) in [6.45, 7) is 0.722. The third-order valence-electron chi connectivity index (χ3n) is 5.97. The van der Waals surface area contributed by atoms with Crippen LogP contribution >= 0.6 is 0 Å². The van der Waals surface area contributed by atoms with Gasteiger partial charge in [0.25, 0.3) is 0 Å². The van der Waals surface area contributed by atoms with Crippen LogP contribution in [0, 0.1) is 11.3 Å². The first-order valence-electron chi connectivity index (χ1n) is 10.6. The minimum absolute atomic E-state index is 0.0833. The summed E-state index contributed by atoms with van der Waals surface area (Å²) < 4.78 is 72.1. The maximum Gasteiger partial charge on any atom is 0.404 e. The van der Waals surface area contributed by atoms with Gasteiger partial charge < -0.3 is 9.30 Å². The van der Waals surface area contributed by atoms with Crippen LogP contribution in [0.1, 0.15) is 44.2 Å². The van der Waals surface area contributed by atoms with Crippen LogP contribution in [-0.4, -0.2) is 42.3 Å². The third-order valence-corrected chi connectivity index (χ3v) is 7.49. The van der Waals surface area contributed by atoms with Gasteiger partial charge in [0, 0.05) is 17.6 Å². The maximum absolute atomic E-state index is 12.8. The summed E-state index contributed by atoms with van der Waals surface area (Å²) in [5.41, 5.74) is 1.73. The second-order valence-electron chi connectivity index (χ2n) is 8.15. The van der Waals surface area contributed by atoms with Crippen molar-refractivity contribution in [3.05, 3.63) is 36.2 Å². The lowest BCUT2D eigenvalue weighted by Crippen LogP contribution is -2.42. The van der Waals surface area contributed by atoms with Crippen molar-refractivity contribution in [1.82, 2.24) is 19.3 Å². The Balaban J connectivity index is 1.82. The fraction of sp³-hybridized carbons (Fsp3) is 0.409. The topological polar surface area (TPSA) is 110 Å². The molecule has 3 heterocycles. The van der Waals surface area contributed by atoms with Crippen LogP contribution in [0.25, 0.3) is 22.4 Å². The SMILES string of the molecule is COc1cnc2c(c1)c(C#N)c(-c1ccc(S(=O)(=O)N[C@@H](C)C(F)(F)F)cn1)n2C1CCCC1. The Morgan fingerprint density at radius 1 is 1.24 bits per heavy atom. The number of sulfonamides is 1. The molecule has 3 aromatic heterocycles. The molecule has 180 valence electrons. The molecule has 12 heteroatoms. The van der Waals surface area contributed by atoms with Crippen molar-refractivity contribution in [2.24, 2.45) is 0 Å². The molecule has 0 aromatic carbocycles. The second-order valence-corrected chi connectivity index (χ2v) is 9.87. The van der Waals surface area contributed by atoms with Crippen LogP contribution in [0.4, 0.5) is 13.2 Å². The van der Waals surface area contributed by atoms with Crippen LogP contribution < -0.4 is 9.46 Å². The lowest BCUT2D eigenvalue weighted by molar-refractivity contribution is -0.147. The van der Waals surface area contributed by atoms with Crippen LogP contribution in [0.15, 0.2) is 35.5 Å². The monoisotopic (exact) mass is 493 g/mol. The van der Waals surface area contributed by atoms with Gasteiger partial charge in [0.15, 0.2) is 0 Å². The van der Waals surface area contributed by atoms with Crippen molar-refractivity contribution in [2.75, 3.05) is 7.11 Å². The summed E-state index contributed by atoms with van der Waals surface area (Å²) in [4.78, 5) is 8.33. The van der Waals surface area contributed by atoms with Gasteiger partial charge in [0.2, 0.25) is 10.0 Å². The highest BCUT2D eigenvalue weighted by Gasteiger charge is 2.39. The summed E-state index contributed by atoms with van der Waals surface area (Å²) in [6.07, 6.45) is 1.66. The number of aromatic nitrogens is 3. The quantitative estimate of drug-likeness (QED) is 0.548. The number of methoxy groups -OCH3 is 1. The molecule has 3 aromatic rings. The van der Waals surface area contributed by atoms with E-state index in [1.807, 2.05) is 4.57 Å². The Labute approximate surface area is 194 Å². The number of alkyl halides is 3. The number of nitrogens with one attached hydrogen (secondary N) is 1. The van der Waals surface area contributed by atoms with Crippen molar-refractivity contribution in [3.8, 4) is 23.2 Å². The van der Waals surface area contributed by atoms with Crippen molar-refractivity contribution in [1.29, 1.82) is 5.26 Å². The Morgan fingerprint density at radius 3 is 2.50 bits per heavy atom. The van der Waals surface area contributed by atoms with Crippen LogP contribution in [0.2, 0.25) is 0 Å². The smallest absolute Gasteiger partial charge is 0.404 e. The zero-order valence-corrected chi connectivity index (χ0v) is 19.2. The van der Waals surface area contributed by atoms with E-state index in [-0.39, 0.29) is 6.04 Å².